The summed E-state index contributed by atoms with van der Waals surface area (Å²) in [6.45, 7) is 6.96. The molecule has 372 valence electrons. The number of phenols is 1. The molecule has 3 aliphatic carbocycles. The Morgan fingerprint density at radius 2 is 1.26 bits per heavy atom. The molecule has 2 saturated heterocycles. The van der Waals surface area contributed by atoms with Crippen molar-refractivity contribution < 1.29 is 67.7 Å². The zero-order valence-corrected chi connectivity index (χ0v) is 38.2. The fourth-order valence-corrected chi connectivity index (χ4v) is 11.9. The van der Waals surface area contributed by atoms with Crippen LogP contribution in [0.25, 0.3) is 10.9 Å². The molecule has 17 nitrogen and oxygen atoms in total. The lowest BCUT2D eigenvalue weighted by atomic mass is 9.49. The van der Waals surface area contributed by atoms with Crippen LogP contribution in [-0.2, 0) is 44.0 Å². The van der Waals surface area contributed by atoms with E-state index in [0.717, 1.165) is 81.5 Å². The minimum absolute atomic E-state index is 0.0165. The lowest BCUT2D eigenvalue weighted by Gasteiger charge is -2.63. The lowest BCUT2D eigenvalue weighted by Crippen LogP contribution is -2.74. The molecule has 3 fully saturated rings. The number of carboxylic acids is 4. The van der Waals surface area contributed by atoms with E-state index in [4.69, 9.17) is 14.6 Å². The van der Waals surface area contributed by atoms with Gasteiger partial charge in [0.1, 0.15) is 0 Å². The maximum atomic E-state index is 13.3. The van der Waals surface area contributed by atoms with Gasteiger partial charge >= 0.3 is 30.1 Å². The van der Waals surface area contributed by atoms with Gasteiger partial charge in [-0.3, -0.25) is 34.0 Å². The van der Waals surface area contributed by atoms with Gasteiger partial charge in [-0.05, 0) is 80.8 Å². The number of halogens is 3. The van der Waals surface area contributed by atoms with E-state index in [2.05, 4.69) is 44.7 Å². The number of para-hydroxylation sites is 1. The molecule has 1 aromatic heterocycles. The Balaban J connectivity index is 0.000000830. The molecule has 0 amide bonds. The van der Waals surface area contributed by atoms with Crippen molar-refractivity contribution in [1.82, 2.24) is 29.1 Å². The maximum Gasteiger partial charge on any atom is 0.490 e. The Labute approximate surface area is 392 Å². The minimum atomic E-state index is -5.08. The number of phenolic OH excluding ortho intramolecular Hbond substituents is 1. The van der Waals surface area contributed by atoms with Crippen LogP contribution in [0.15, 0.2) is 36.4 Å². The molecule has 6 N–H and O–H groups in total. The predicted octanol–water partition coefficient (Wildman–Crippen LogP) is 3.72. The van der Waals surface area contributed by atoms with E-state index >= 15 is 0 Å². The fraction of sp³-hybridized carbons (Fsp3) is 0.625. The summed E-state index contributed by atoms with van der Waals surface area (Å²) in [7, 11) is 0. The molecule has 1 spiro atoms. The number of likely N-dealkylation sites (tertiary alicyclic amines) is 1. The highest BCUT2D eigenvalue weighted by Gasteiger charge is 2.73. The SMILES string of the molecule is O=C(O)C(F)(F)F.O=C(O)CN1CCN(CCCCCCn2c3c(c4ccccc42)C[C@@]2(O)[C@H]4Cc5ccc(O)c6c5[C@@]2(CCN4CC2CC2)[C@H]3O6)CCN(CC(=O)O)CCN(CC(=O)O)CC1. The monoisotopic (exact) mass is 956 g/mol. The van der Waals surface area contributed by atoms with Crippen molar-refractivity contribution in [2.45, 2.75) is 93.7 Å². The number of hydrogen-bond acceptors (Lipinski definition) is 12. The summed E-state index contributed by atoms with van der Waals surface area (Å²) >= 11 is 0. The van der Waals surface area contributed by atoms with E-state index in [1.807, 2.05) is 9.80 Å². The number of rotatable bonds is 15. The van der Waals surface area contributed by atoms with Crippen LogP contribution < -0.4 is 4.74 Å². The normalized spacial score (nSPS) is 25.8. The van der Waals surface area contributed by atoms with Crippen LogP contribution in [0, 0.1) is 5.92 Å². The molecule has 3 aromatic rings. The number of benzene rings is 2. The summed E-state index contributed by atoms with van der Waals surface area (Å²) in [5.41, 5.74) is 4.03. The van der Waals surface area contributed by atoms with E-state index in [9.17, 15) is 53.1 Å². The first-order valence-corrected chi connectivity index (χ1v) is 23.8. The number of hydrogen-bond donors (Lipinski definition) is 6. The summed E-state index contributed by atoms with van der Waals surface area (Å²) < 4.78 is 41.2. The van der Waals surface area contributed by atoms with Crippen LogP contribution in [0.4, 0.5) is 13.2 Å². The number of ether oxygens (including phenoxy) is 1. The average molecular weight is 957 g/mol. The zero-order valence-electron chi connectivity index (χ0n) is 38.2. The minimum Gasteiger partial charge on any atom is -0.504 e. The first kappa shape index (κ1) is 49.4. The smallest absolute Gasteiger partial charge is 0.490 e. The third-order valence-corrected chi connectivity index (χ3v) is 15.2. The third kappa shape index (κ3) is 10.2. The highest BCUT2D eigenvalue weighted by atomic mass is 19.4. The molecule has 68 heavy (non-hydrogen) atoms. The standard InChI is InChI=1S/C46H62N6O9.C2HF3O2/c53-36-12-11-32-25-37-46(60)26-34-33-7-3-4-8-35(33)52(42(34)44-45(46,41(32)43(36)61-44)13-16-51(37)27-31-9-10-31)15-6-2-1-5-14-47-17-19-48(28-38(54)55)21-23-50(30-40(58)59)24-22-49(20-18-47)29-39(56)57;3-2(4,5)1(6)7/h3-4,7-8,11-12,31,37,44,53,60H,1-2,5-6,9-10,13-30H2,(H,54,55)(H,56,57)(H,58,59);(H,6,7)/t37-,44+,45+,46-;/m1./s1. The Hall–Kier alpha value is -4.99. The number of carboxylic acid groups (broad SMARTS) is 4. The highest BCUT2D eigenvalue weighted by Crippen LogP contribution is 2.69. The molecule has 9 rings (SSSR count). The van der Waals surface area contributed by atoms with Gasteiger partial charge in [-0.15, -0.1) is 0 Å². The summed E-state index contributed by atoms with van der Waals surface area (Å²) in [5, 5.41) is 61.6. The number of unbranched alkanes of at least 4 members (excludes halogenated alkanes) is 3. The molecule has 4 heterocycles. The number of fused-ring (bicyclic) bond motifs is 4. The van der Waals surface area contributed by atoms with Crippen LogP contribution >= 0.6 is 0 Å². The Bertz CT molecular complexity index is 2330. The number of aromatic hydroxyl groups is 1. The van der Waals surface area contributed by atoms with Crippen molar-refractivity contribution in [3.05, 3.63) is 58.8 Å². The van der Waals surface area contributed by atoms with Crippen LogP contribution in [0.5, 0.6) is 11.5 Å². The quantitative estimate of drug-likeness (QED) is 0.120. The Kier molecular flexibility index (Phi) is 14.7. The van der Waals surface area contributed by atoms with E-state index in [1.54, 1.807) is 11.0 Å². The molecule has 0 unspecified atom stereocenters. The molecule has 1 saturated carbocycles. The molecular weight excluding hydrogens is 894 g/mol. The van der Waals surface area contributed by atoms with Crippen LogP contribution in [0.3, 0.4) is 0 Å². The van der Waals surface area contributed by atoms with Gasteiger partial charge in [-0.1, -0.05) is 37.1 Å². The van der Waals surface area contributed by atoms with E-state index in [0.29, 0.717) is 70.4 Å². The number of aromatic nitrogens is 1. The van der Waals surface area contributed by atoms with E-state index in [1.165, 1.54) is 29.4 Å². The Morgan fingerprint density at radius 3 is 1.81 bits per heavy atom. The number of aryl methyl sites for hydroxylation is 1. The summed E-state index contributed by atoms with van der Waals surface area (Å²) in [5.74, 6) is -4.16. The molecule has 0 radical (unpaired) electrons. The summed E-state index contributed by atoms with van der Waals surface area (Å²) in [4.78, 5) is 54.3. The molecule has 3 aliphatic heterocycles. The number of aliphatic carboxylic acids is 4. The van der Waals surface area contributed by atoms with Gasteiger partial charge in [0, 0.05) is 94.4 Å². The van der Waals surface area contributed by atoms with Crippen LogP contribution in [0.1, 0.15) is 73.4 Å². The van der Waals surface area contributed by atoms with Gasteiger partial charge in [0.2, 0.25) is 0 Å². The van der Waals surface area contributed by atoms with E-state index in [-0.39, 0.29) is 31.4 Å². The van der Waals surface area contributed by atoms with Gasteiger partial charge < -0.3 is 44.8 Å². The van der Waals surface area contributed by atoms with Gasteiger partial charge in [0.05, 0.1) is 36.3 Å². The number of carbonyl (C=O) groups is 4. The highest BCUT2D eigenvalue weighted by molar-refractivity contribution is 5.87. The second kappa shape index (κ2) is 20.2. The summed E-state index contributed by atoms with van der Waals surface area (Å²) in [6, 6.07) is 12.4. The van der Waals surface area contributed by atoms with Gasteiger partial charge in [0.15, 0.2) is 17.6 Å². The number of aliphatic hydroxyl groups is 1. The van der Waals surface area contributed by atoms with Crippen molar-refractivity contribution in [3.63, 3.8) is 0 Å². The van der Waals surface area contributed by atoms with Crippen molar-refractivity contribution in [1.29, 1.82) is 0 Å². The van der Waals surface area contributed by atoms with Crippen LogP contribution in [0.2, 0.25) is 0 Å². The first-order chi connectivity index (χ1) is 32.4. The topological polar surface area (TPSA) is 220 Å². The molecule has 20 heteroatoms. The van der Waals surface area contributed by atoms with Gasteiger partial charge in [-0.2, -0.15) is 13.2 Å². The molecule has 2 bridgehead atoms. The van der Waals surface area contributed by atoms with Crippen molar-refractivity contribution in [3.8, 4) is 11.5 Å². The van der Waals surface area contributed by atoms with Gasteiger partial charge in [-0.25, -0.2) is 4.79 Å². The molecule has 4 atom stereocenters. The van der Waals surface area contributed by atoms with Crippen molar-refractivity contribution in [2.24, 2.45) is 5.92 Å². The van der Waals surface area contributed by atoms with E-state index < -0.39 is 47.2 Å². The third-order valence-electron chi connectivity index (χ3n) is 15.2. The largest absolute Gasteiger partial charge is 0.504 e. The Morgan fingerprint density at radius 1 is 0.721 bits per heavy atom. The average Bonchev–Trinajstić information content (AvgIpc) is 3.94. The molecule has 2 aromatic carbocycles. The second-order valence-electron chi connectivity index (χ2n) is 19.5. The number of piperidine rings is 1. The number of nitrogens with zero attached hydrogens (tertiary/aromatic N) is 6. The maximum absolute atomic E-state index is 13.3. The predicted molar refractivity (Wildman–Crippen MR) is 241 cm³/mol. The molecule has 6 aliphatic rings. The zero-order chi connectivity index (χ0) is 48.5. The first-order valence-electron chi connectivity index (χ1n) is 23.8. The second-order valence-corrected chi connectivity index (χ2v) is 19.5. The van der Waals surface area contributed by atoms with Crippen molar-refractivity contribution >= 4 is 34.8 Å². The van der Waals surface area contributed by atoms with Crippen molar-refractivity contribution in [2.75, 3.05) is 91.6 Å². The number of alkyl halides is 3. The summed E-state index contributed by atoms with van der Waals surface area (Å²) in [6.07, 6.45) is 3.00. The molecular formula is C48H63F3N6O11. The van der Waals surface area contributed by atoms with Gasteiger partial charge in [0.25, 0.3) is 0 Å². The lowest BCUT2D eigenvalue weighted by molar-refractivity contribution is -0.192. The van der Waals surface area contributed by atoms with Crippen LogP contribution in [-0.4, -0.2) is 193 Å². The fourth-order valence-electron chi connectivity index (χ4n) is 11.9.